The van der Waals surface area contributed by atoms with Gasteiger partial charge in [-0.15, -0.1) is 0 Å². The number of nitrogens with one attached hydrogen (secondary N) is 3. The summed E-state index contributed by atoms with van der Waals surface area (Å²) in [6, 6.07) is 18.0. The molecular weight excluding hydrogens is 518 g/mol. The van der Waals surface area contributed by atoms with E-state index in [1.165, 1.54) is 30.4 Å². The smallest absolute Gasteiger partial charge is 0.251 e. The van der Waals surface area contributed by atoms with E-state index in [-0.39, 0.29) is 5.91 Å². The van der Waals surface area contributed by atoms with Crippen molar-refractivity contribution in [2.24, 2.45) is 0 Å². The van der Waals surface area contributed by atoms with Gasteiger partial charge in [0.15, 0.2) is 0 Å². The molecule has 0 unspecified atom stereocenters. The molecule has 3 aromatic rings. The fourth-order valence-electron chi connectivity index (χ4n) is 4.68. The fourth-order valence-corrected chi connectivity index (χ4v) is 4.68. The summed E-state index contributed by atoms with van der Waals surface area (Å²) in [5.74, 6) is 1.65. The molecule has 10 nitrogen and oxygen atoms in total. The van der Waals surface area contributed by atoms with Crippen molar-refractivity contribution in [3.8, 4) is 0 Å². The average Bonchev–Trinajstić information content (AvgIpc) is 3.02. The molecule has 0 radical (unpaired) electrons. The Hall–Kier alpha value is -3.76. The van der Waals surface area contributed by atoms with Gasteiger partial charge < -0.3 is 30.3 Å². The maximum absolute atomic E-state index is 12.0. The summed E-state index contributed by atoms with van der Waals surface area (Å²) in [5.41, 5.74) is 3.04. The number of hydrogen-bond acceptors (Lipinski definition) is 9. The predicted molar refractivity (Wildman–Crippen MR) is 163 cm³/mol. The molecule has 0 atom stereocenters. The van der Waals surface area contributed by atoms with Crippen molar-refractivity contribution in [1.29, 1.82) is 0 Å². The van der Waals surface area contributed by atoms with Gasteiger partial charge in [-0.2, -0.15) is 15.0 Å². The zero-order chi connectivity index (χ0) is 28.7. The minimum atomic E-state index is -0.101. The summed E-state index contributed by atoms with van der Waals surface area (Å²) in [7, 11) is 2.08. The maximum atomic E-state index is 12.0. The quantitative estimate of drug-likeness (QED) is 0.219. The summed E-state index contributed by atoms with van der Waals surface area (Å²) >= 11 is 0. The molecule has 0 bridgehead atoms. The number of ether oxygens (including phenoxy) is 2. The van der Waals surface area contributed by atoms with Crippen LogP contribution in [0.15, 0.2) is 54.6 Å². The Bertz CT molecular complexity index is 1190. The van der Waals surface area contributed by atoms with Crippen LogP contribution in [-0.4, -0.2) is 73.5 Å². The third kappa shape index (κ3) is 10.3. The van der Waals surface area contributed by atoms with Gasteiger partial charge in [-0.1, -0.05) is 67.3 Å². The Labute approximate surface area is 243 Å². The van der Waals surface area contributed by atoms with Gasteiger partial charge in [-0.25, -0.2) is 0 Å². The van der Waals surface area contributed by atoms with Gasteiger partial charge in [0.05, 0.1) is 26.4 Å². The van der Waals surface area contributed by atoms with Crippen LogP contribution in [0.4, 0.5) is 17.8 Å². The highest BCUT2D eigenvalue weighted by atomic mass is 16.5. The topological polar surface area (TPSA) is 114 Å². The number of nitrogens with zero attached hydrogens (tertiary/aromatic N) is 4. The Morgan fingerprint density at radius 2 is 1.49 bits per heavy atom. The number of benzene rings is 2. The standard InChI is InChI=1S/C31H43N7O3/c1-24-13-15-25(16-14-24)23-34-30-35-29(36-31(37-30)38(2)27-11-7-4-8-12-27)33-18-20-41-22-21-40-19-17-32-28(39)26-9-5-3-6-10-26/h3,5-6,9-10,13-16,27H,4,7-8,11-12,17-23H2,1-2H3,(H,32,39)(H2,33,34,35,36,37). The van der Waals surface area contributed by atoms with Crippen LogP contribution in [0.1, 0.15) is 53.6 Å². The van der Waals surface area contributed by atoms with Crippen molar-refractivity contribution >= 4 is 23.8 Å². The molecule has 1 saturated carbocycles. The molecule has 0 spiro atoms. The molecule has 220 valence electrons. The van der Waals surface area contributed by atoms with Crippen LogP contribution in [0.2, 0.25) is 0 Å². The minimum Gasteiger partial charge on any atom is -0.377 e. The first-order valence-electron chi connectivity index (χ1n) is 14.6. The molecule has 2 aromatic carbocycles. The van der Waals surface area contributed by atoms with E-state index in [1.807, 2.05) is 18.2 Å². The van der Waals surface area contributed by atoms with Crippen molar-refractivity contribution in [2.45, 2.75) is 51.6 Å². The van der Waals surface area contributed by atoms with Gasteiger partial charge in [0.25, 0.3) is 5.91 Å². The highest BCUT2D eigenvalue weighted by molar-refractivity contribution is 5.94. The lowest BCUT2D eigenvalue weighted by atomic mass is 9.95. The van der Waals surface area contributed by atoms with Crippen molar-refractivity contribution in [3.05, 3.63) is 71.3 Å². The number of aryl methyl sites for hydroxylation is 1. The summed E-state index contributed by atoms with van der Waals surface area (Å²) < 4.78 is 11.3. The third-order valence-corrected chi connectivity index (χ3v) is 7.10. The van der Waals surface area contributed by atoms with Crippen LogP contribution in [-0.2, 0) is 16.0 Å². The molecule has 0 aliphatic heterocycles. The number of carbonyl (C=O) groups excluding carboxylic acids is 1. The average molecular weight is 562 g/mol. The zero-order valence-corrected chi connectivity index (χ0v) is 24.3. The first kappa shape index (κ1) is 30.2. The molecule has 1 fully saturated rings. The van der Waals surface area contributed by atoms with Gasteiger partial charge in [0, 0.05) is 38.3 Å². The van der Waals surface area contributed by atoms with Crippen LogP contribution >= 0.6 is 0 Å². The largest absolute Gasteiger partial charge is 0.377 e. The SMILES string of the molecule is Cc1ccc(CNc2nc(NCCOCCOCCNC(=O)c3ccccc3)nc(N(C)C3CCCCC3)n2)cc1. The van der Waals surface area contributed by atoms with Crippen LogP contribution in [0.25, 0.3) is 0 Å². The number of hydrogen-bond donors (Lipinski definition) is 3. The monoisotopic (exact) mass is 561 g/mol. The van der Waals surface area contributed by atoms with Gasteiger partial charge in [0.2, 0.25) is 17.8 Å². The molecular formula is C31H43N7O3. The van der Waals surface area contributed by atoms with E-state index in [0.29, 0.717) is 75.5 Å². The fraction of sp³-hybridized carbons (Fsp3) is 0.484. The first-order valence-corrected chi connectivity index (χ1v) is 14.6. The van der Waals surface area contributed by atoms with Crippen molar-refractivity contribution in [2.75, 3.05) is 62.1 Å². The van der Waals surface area contributed by atoms with Crippen LogP contribution in [0.5, 0.6) is 0 Å². The Morgan fingerprint density at radius 1 is 0.829 bits per heavy atom. The normalized spacial score (nSPS) is 13.5. The first-order chi connectivity index (χ1) is 20.1. The summed E-state index contributed by atoms with van der Waals surface area (Å²) in [6.07, 6.45) is 6.10. The van der Waals surface area contributed by atoms with E-state index in [4.69, 9.17) is 19.4 Å². The lowest BCUT2D eigenvalue weighted by molar-refractivity contribution is 0.0519. The highest BCUT2D eigenvalue weighted by Gasteiger charge is 2.21. The van der Waals surface area contributed by atoms with E-state index in [9.17, 15) is 4.79 Å². The second-order valence-electron chi connectivity index (χ2n) is 10.3. The number of aromatic nitrogens is 3. The van der Waals surface area contributed by atoms with Gasteiger partial charge >= 0.3 is 0 Å². The molecule has 1 heterocycles. The number of rotatable bonds is 16. The number of anilines is 3. The number of amides is 1. The predicted octanol–water partition coefficient (Wildman–Crippen LogP) is 4.44. The molecule has 1 aliphatic carbocycles. The van der Waals surface area contributed by atoms with Crippen molar-refractivity contribution in [1.82, 2.24) is 20.3 Å². The van der Waals surface area contributed by atoms with E-state index < -0.39 is 0 Å². The molecule has 41 heavy (non-hydrogen) atoms. The van der Waals surface area contributed by atoms with Crippen LogP contribution in [0.3, 0.4) is 0 Å². The molecule has 3 N–H and O–H groups in total. The molecule has 0 saturated heterocycles. The molecule has 1 amide bonds. The molecule has 1 aliphatic rings. The lowest BCUT2D eigenvalue weighted by Gasteiger charge is -2.31. The Kier molecular flexibility index (Phi) is 12.1. The second kappa shape index (κ2) is 16.5. The summed E-state index contributed by atoms with van der Waals surface area (Å²) in [6.45, 7) is 5.56. The van der Waals surface area contributed by atoms with Gasteiger partial charge in [-0.3, -0.25) is 4.79 Å². The van der Waals surface area contributed by atoms with Crippen LogP contribution in [0, 0.1) is 6.92 Å². The lowest BCUT2D eigenvalue weighted by Crippen LogP contribution is -2.35. The molecule has 1 aromatic heterocycles. The van der Waals surface area contributed by atoms with Gasteiger partial charge in [0.1, 0.15) is 0 Å². The minimum absolute atomic E-state index is 0.101. The van der Waals surface area contributed by atoms with E-state index >= 15 is 0 Å². The van der Waals surface area contributed by atoms with Crippen LogP contribution < -0.4 is 20.9 Å². The van der Waals surface area contributed by atoms with E-state index in [2.05, 4.69) is 64.1 Å². The summed E-state index contributed by atoms with van der Waals surface area (Å²) in [4.78, 5) is 28.3. The summed E-state index contributed by atoms with van der Waals surface area (Å²) in [5, 5.41) is 9.50. The van der Waals surface area contributed by atoms with Crippen molar-refractivity contribution in [3.63, 3.8) is 0 Å². The maximum Gasteiger partial charge on any atom is 0.251 e. The molecule has 10 heteroatoms. The molecule has 4 rings (SSSR count). The second-order valence-corrected chi connectivity index (χ2v) is 10.3. The Balaban J connectivity index is 1.19. The highest BCUT2D eigenvalue weighted by Crippen LogP contribution is 2.25. The van der Waals surface area contributed by atoms with Gasteiger partial charge in [-0.05, 0) is 37.5 Å². The van der Waals surface area contributed by atoms with E-state index in [1.54, 1.807) is 12.1 Å². The number of carbonyl (C=O) groups is 1. The van der Waals surface area contributed by atoms with E-state index in [0.717, 1.165) is 12.8 Å². The Morgan fingerprint density at radius 3 is 2.20 bits per heavy atom. The third-order valence-electron chi connectivity index (χ3n) is 7.10. The zero-order valence-electron chi connectivity index (χ0n) is 24.3. The van der Waals surface area contributed by atoms with Crippen molar-refractivity contribution < 1.29 is 14.3 Å².